The first-order valence-electron chi connectivity index (χ1n) is 9.33. The predicted molar refractivity (Wildman–Crippen MR) is 104 cm³/mol. The highest BCUT2D eigenvalue weighted by atomic mass is 16.4. The molecule has 1 aromatic heterocycles. The summed E-state index contributed by atoms with van der Waals surface area (Å²) in [6.45, 7) is 4.13. The molecule has 1 aliphatic heterocycles. The third-order valence-corrected chi connectivity index (χ3v) is 5.15. The van der Waals surface area contributed by atoms with Crippen molar-refractivity contribution in [3.8, 4) is 0 Å². The molecule has 27 heavy (non-hydrogen) atoms. The van der Waals surface area contributed by atoms with Gasteiger partial charge in [-0.3, -0.25) is 14.3 Å². The lowest BCUT2D eigenvalue weighted by Gasteiger charge is -2.34. The van der Waals surface area contributed by atoms with E-state index >= 15 is 0 Å². The molecule has 0 atom stereocenters. The Morgan fingerprint density at radius 1 is 0.926 bits per heavy atom. The van der Waals surface area contributed by atoms with Crippen molar-refractivity contribution >= 4 is 17.0 Å². The second-order valence-electron chi connectivity index (χ2n) is 6.88. The number of hydrogen-bond acceptors (Lipinski definition) is 4. The number of hydrogen-bond donors (Lipinski definition) is 0. The Balaban J connectivity index is 1.32. The van der Waals surface area contributed by atoms with E-state index in [4.69, 9.17) is 4.42 Å². The lowest BCUT2D eigenvalue weighted by atomic mass is 10.1. The number of amides is 1. The molecule has 2 heterocycles. The molecule has 4 rings (SSSR count). The Bertz CT molecular complexity index is 969. The van der Waals surface area contributed by atoms with Crippen molar-refractivity contribution in [2.45, 2.75) is 13.0 Å². The third kappa shape index (κ3) is 3.95. The van der Waals surface area contributed by atoms with Crippen LogP contribution in [0.5, 0.6) is 0 Å². The first-order valence-corrected chi connectivity index (χ1v) is 9.33. The van der Waals surface area contributed by atoms with Gasteiger partial charge in [-0.1, -0.05) is 42.5 Å². The maximum absolute atomic E-state index is 12.7. The van der Waals surface area contributed by atoms with E-state index in [1.165, 1.54) is 10.1 Å². The SMILES string of the molecule is O=C(Cn1c(=O)oc2ccccc21)N1CCN(CCc2ccccc2)CC1. The Morgan fingerprint density at radius 3 is 2.41 bits per heavy atom. The highest BCUT2D eigenvalue weighted by Gasteiger charge is 2.22. The van der Waals surface area contributed by atoms with Gasteiger partial charge in [0.2, 0.25) is 5.91 Å². The maximum Gasteiger partial charge on any atom is 0.420 e. The minimum atomic E-state index is -0.481. The van der Waals surface area contributed by atoms with Crippen LogP contribution in [0.15, 0.2) is 63.8 Å². The fraction of sp³-hybridized carbons (Fsp3) is 0.333. The molecular formula is C21H23N3O3. The Kier molecular flexibility index (Phi) is 5.07. The molecule has 1 aliphatic rings. The number of piperazine rings is 1. The van der Waals surface area contributed by atoms with Crippen LogP contribution in [0, 0.1) is 0 Å². The summed E-state index contributed by atoms with van der Waals surface area (Å²) in [4.78, 5) is 28.9. The second-order valence-corrected chi connectivity index (χ2v) is 6.88. The van der Waals surface area contributed by atoms with Gasteiger partial charge in [-0.25, -0.2) is 4.79 Å². The van der Waals surface area contributed by atoms with E-state index < -0.39 is 5.76 Å². The van der Waals surface area contributed by atoms with Gasteiger partial charge in [0.05, 0.1) is 5.52 Å². The number of nitrogens with zero attached hydrogens (tertiary/aromatic N) is 3. The molecule has 0 aliphatic carbocycles. The third-order valence-electron chi connectivity index (χ3n) is 5.15. The van der Waals surface area contributed by atoms with Crippen molar-refractivity contribution < 1.29 is 9.21 Å². The zero-order valence-corrected chi connectivity index (χ0v) is 15.2. The largest absolute Gasteiger partial charge is 0.420 e. The van der Waals surface area contributed by atoms with E-state index in [0.717, 1.165) is 26.1 Å². The number of fused-ring (bicyclic) bond motifs is 1. The summed E-state index contributed by atoms with van der Waals surface area (Å²) >= 11 is 0. The molecule has 1 amide bonds. The molecule has 2 aromatic carbocycles. The smallest absolute Gasteiger partial charge is 0.408 e. The molecule has 1 fully saturated rings. The molecule has 6 nitrogen and oxygen atoms in total. The van der Waals surface area contributed by atoms with E-state index in [0.29, 0.717) is 24.2 Å². The van der Waals surface area contributed by atoms with Crippen molar-refractivity contribution in [3.05, 3.63) is 70.7 Å². The Hall–Kier alpha value is -2.86. The zero-order valence-electron chi connectivity index (χ0n) is 15.2. The van der Waals surface area contributed by atoms with Crippen molar-refractivity contribution in [1.29, 1.82) is 0 Å². The van der Waals surface area contributed by atoms with E-state index in [-0.39, 0.29) is 12.5 Å². The molecule has 0 spiro atoms. The standard InChI is InChI=1S/C21H23N3O3/c25-20(16-24-18-8-4-5-9-19(18)27-21(24)26)23-14-12-22(13-15-23)11-10-17-6-2-1-3-7-17/h1-9H,10-16H2. The molecule has 0 unspecified atom stereocenters. The number of para-hydroxylation sites is 2. The summed E-state index contributed by atoms with van der Waals surface area (Å²) in [6.07, 6.45) is 1.02. The monoisotopic (exact) mass is 365 g/mol. The molecule has 1 saturated heterocycles. The second kappa shape index (κ2) is 7.80. The number of carbonyl (C=O) groups is 1. The quantitative estimate of drug-likeness (QED) is 0.694. The van der Waals surface area contributed by atoms with E-state index in [1.807, 2.05) is 23.1 Å². The summed E-state index contributed by atoms with van der Waals surface area (Å²) in [5.41, 5.74) is 2.51. The lowest BCUT2D eigenvalue weighted by Crippen LogP contribution is -2.50. The summed E-state index contributed by atoms with van der Waals surface area (Å²) in [7, 11) is 0. The first kappa shape index (κ1) is 17.5. The van der Waals surface area contributed by atoms with Crippen LogP contribution in [0.2, 0.25) is 0 Å². The summed E-state index contributed by atoms with van der Waals surface area (Å²) in [5, 5.41) is 0. The minimum absolute atomic E-state index is 0.0276. The number of carbonyl (C=O) groups excluding carboxylic acids is 1. The van der Waals surface area contributed by atoms with E-state index in [1.54, 1.807) is 12.1 Å². The van der Waals surface area contributed by atoms with Crippen molar-refractivity contribution in [2.75, 3.05) is 32.7 Å². The van der Waals surface area contributed by atoms with Crippen LogP contribution in [-0.4, -0.2) is 53.0 Å². The van der Waals surface area contributed by atoms with Gasteiger partial charge >= 0.3 is 5.76 Å². The van der Waals surface area contributed by atoms with Gasteiger partial charge in [0, 0.05) is 32.7 Å². The molecule has 0 N–H and O–H groups in total. The van der Waals surface area contributed by atoms with Gasteiger partial charge in [0.15, 0.2) is 5.58 Å². The van der Waals surface area contributed by atoms with Crippen LogP contribution in [0.3, 0.4) is 0 Å². The number of oxazole rings is 1. The van der Waals surface area contributed by atoms with Crippen LogP contribution < -0.4 is 5.76 Å². The molecule has 0 bridgehead atoms. The number of benzene rings is 2. The Morgan fingerprint density at radius 2 is 1.63 bits per heavy atom. The van der Waals surface area contributed by atoms with Crippen LogP contribution in [0.25, 0.3) is 11.1 Å². The van der Waals surface area contributed by atoms with Crippen molar-refractivity contribution in [1.82, 2.24) is 14.4 Å². The summed E-state index contributed by atoms with van der Waals surface area (Å²) in [6, 6.07) is 17.6. The molecule has 0 radical (unpaired) electrons. The fourth-order valence-electron chi connectivity index (χ4n) is 3.55. The van der Waals surface area contributed by atoms with Crippen molar-refractivity contribution in [3.63, 3.8) is 0 Å². The molecule has 3 aromatic rings. The molecule has 6 heteroatoms. The Labute approximate surface area is 157 Å². The summed E-state index contributed by atoms with van der Waals surface area (Å²) < 4.78 is 6.62. The maximum atomic E-state index is 12.7. The minimum Gasteiger partial charge on any atom is -0.408 e. The van der Waals surface area contributed by atoms with Crippen molar-refractivity contribution in [2.24, 2.45) is 0 Å². The van der Waals surface area contributed by atoms with E-state index in [9.17, 15) is 9.59 Å². The predicted octanol–water partition coefficient (Wildman–Crippen LogP) is 1.98. The lowest BCUT2D eigenvalue weighted by molar-refractivity contribution is -0.133. The van der Waals surface area contributed by atoms with Crippen LogP contribution >= 0.6 is 0 Å². The van der Waals surface area contributed by atoms with Crippen LogP contribution in [0.1, 0.15) is 5.56 Å². The highest BCUT2D eigenvalue weighted by Crippen LogP contribution is 2.12. The summed E-state index contributed by atoms with van der Waals surface area (Å²) in [5.74, 6) is -0.516. The van der Waals surface area contributed by atoms with Gasteiger partial charge in [0.1, 0.15) is 6.54 Å². The van der Waals surface area contributed by atoms with E-state index in [2.05, 4.69) is 29.2 Å². The van der Waals surface area contributed by atoms with Gasteiger partial charge in [-0.15, -0.1) is 0 Å². The zero-order chi connectivity index (χ0) is 18.6. The van der Waals surface area contributed by atoms with Crippen LogP contribution in [-0.2, 0) is 17.8 Å². The highest BCUT2D eigenvalue weighted by molar-refractivity contribution is 5.79. The van der Waals surface area contributed by atoms with Gasteiger partial charge < -0.3 is 9.32 Å². The molecule has 0 saturated carbocycles. The topological polar surface area (TPSA) is 58.7 Å². The van der Waals surface area contributed by atoms with Crippen LogP contribution in [0.4, 0.5) is 0 Å². The molecule has 140 valence electrons. The molecular weight excluding hydrogens is 342 g/mol. The average molecular weight is 365 g/mol. The number of rotatable bonds is 5. The normalized spacial score (nSPS) is 15.3. The number of aromatic nitrogens is 1. The first-order chi connectivity index (χ1) is 13.2. The fourth-order valence-corrected chi connectivity index (χ4v) is 3.55. The van der Waals surface area contributed by atoms with Gasteiger partial charge in [0.25, 0.3) is 0 Å². The van der Waals surface area contributed by atoms with Gasteiger partial charge in [-0.2, -0.15) is 0 Å². The average Bonchev–Trinajstić information content (AvgIpc) is 3.03. The van der Waals surface area contributed by atoms with Gasteiger partial charge in [-0.05, 0) is 24.1 Å².